The maximum Gasteiger partial charge on any atom is 0.0741 e. The number of rotatable bonds is 9. The predicted molar refractivity (Wildman–Crippen MR) is 78.4 cm³/mol. The van der Waals surface area contributed by atoms with Crippen molar-refractivity contribution < 1.29 is 9.47 Å². The second kappa shape index (κ2) is 8.70. The minimum Gasteiger partial charge on any atom is -0.383 e. The number of ether oxygens (including phenoxy) is 2. The molecule has 0 heterocycles. The van der Waals surface area contributed by atoms with Crippen LogP contribution in [0.15, 0.2) is 0 Å². The molecule has 0 aliphatic rings. The van der Waals surface area contributed by atoms with Crippen LogP contribution in [0.2, 0.25) is 0 Å². The summed E-state index contributed by atoms with van der Waals surface area (Å²) in [6.07, 6.45) is 5.22. The van der Waals surface area contributed by atoms with Crippen LogP contribution in [0.5, 0.6) is 0 Å². The highest BCUT2D eigenvalue weighted by atomic mass is 127. The summed E-state index contributed by atoms with van der Waals surface area (Å²) in [6.45, 7) is 7.49. The lowest BCUT2D eigenvalue weighted by atomic mass is 9.88. The SMILES string of the molecule is CCCCCC(OC)C(I)(COC)C(C)C. The minimum atomic E-state index is 0.0923. The van der Waals surface area contributed by atoms with E-state index in [-0.39, 0.29) is 3.42 Å². The van der Waals surface area contributed by atoms with Gasteiger partial charge in [0.1, 0.15) is 0 Å². The summed E-state index contributed by atoms with van der Waals surface area (Å²) in [5.41, 5.74) is 0. The molecular weight excluding hydrogens is 315 g/mol. The Bertz CT molecular complexity index is 173. The monoisotopic (exact) mass is 342 g/mol. The van der Waals surface area contributed by atoms with Crippen LogP contribution in [0.4, 0.5) is 0 Å². The van der Waals surface area contributed by atoms with Crippen molar-refractivity contribution in [1.82, 2.24) is 0 Å². The van der Waals surface area contributed by atoms with Gasteiger partial charge in [-0.15, -0.1) is 0 Å². The van der Waals surface area contributed by atoms with E-state index in [9.17, 15) is 0 Å². The number of hydrogen-bond acceptors (Lipinski definition) is 2. The fourth-order valence-electron chi connectivity index (χ4n) is 1.99. The Morgan fingerprint density at radius 1 is 1.19 bits per heavy atom. The molecule has 98 valence electrons. The molecule has 16 heavy (non-hydrogen) atoms. The Labute approximate surface area is 115 Å². The summed E-state index contributed by atoms with van der Waals surface area (Å²) in [5, 5.41) is 0. The summed E-state index contributed by atoms with van der Waals surface area (Å²) in [6, 6.07) is 0. The molecule has 3 heteroatoms. The van der Waals surface area contributed by atoms with Gasteiger partial charge < -0.3 is 9.47 Å². The number of hydrogen-bond donors (Lipinski definition) is 0. The molecule has 0 saturated heterocycles. The predicted octanol–water partition coefficient (Wildman–Crippen LogP) is 4.06. The second-order valence-electron chi connectivity index (χ2n) is 4.73. The topological polar surface area (TPSA) is 18.5 Å². The zero-order valence-corrected chi connectivity index (χ0v) is 13.5. The molecule has 0 amide bonds. The molecule has 0 spiro atoms. The lowest BCUT2D eigenvalue weighted by Gasteiger charge is -2.38. The molecule has 0 fully saturated rings. The van der Waals surface area contributed by atoms with Crippen LogP contribution in [0.25, 0.3) is 0 Å². The molecule has 0 aromatic rings. The van der Waals surface area contributed by atoms with E-state index >= 15 is 0 Å². The third kappa shape index (κ3) is 4.88. The van der Waals surface area contributed by atoms with Gasteiger partial charge in [-0.1, -0.05) is 62.6 Å². The molecule has 0 rings (SSSR count). The normalized spacial score (nSPS) is 17.4. The summed E-state index contributed by atoms with van der Waals surface area (Å²) < 4.78 is 11.2. The molecule has 0 aliphatic heterocycles. The van der Waals surface area contributed by atoms with Crippen molar-refractivity contribution >= 4 is 22.6 Å². The Kier molecular flexibility index (Phi) is 9.05. The summed E-state index contributed by atoms with van der Waals surface area (Å²) in [4.78, 5) is 0. The van der Waals surface area contributed by atoms with Crippen LogP contribution in [0.1, 0.15) is 46.5 Å². The molecule has 0 bridgehead atoms. The summed E-state index contributed by atoms with van der Waals surface area (Å²) in [7, 11) is 3.59. The summed E-state index contributed by atoms with van der Waals surface area (Å²) >= 11 is 2.53. The molecule has 2 atom stereocenters. The molecule has 0 aliphatic carbocycles. The van der Waals surface area contributed by atoms with Gasteiger partial charge in [-0.2, -0.15) is 0 Å². The zero-order chi connectivity index (χ0) is 12.6. The van der Waals surface area contributed by atoms with Crippen LogP contribution < -0.4 is 0 Å². The molecular formula is C13H27IO2. The van der Waals surface area contributed by atoms with E-state index in [0.29, 0.717) is 12.0 Å². The maximum absolute atomic E-state index is 5.69. The van der Waals surface area contributed by atoms with Crippen LogP contribution in [-0.2, 0) is 9.47 Å². The average molecular weight is 342 g/mol. The van der Waals surface area contributed by atoms with Crippen molar-refractivity contribution in [3.05, 3.63) is 0 Å². The van der Waals surface area contributed by atoms with Crippen molar-refractivity contribution in [2.45, 2.75) is 56.0 Å². The van der Waals surface area contributed by atoms with Gasteiger partial charge in [0.05, 0.1) is 16.1 Å². The van der Waals surface area contributed by atoms with Gasteiger partial charge in [0, 0.05) is 14.2 Å². The minimum absolute atomic E-state index is 0.0923. The molecule has 0 aromatic carbocycles. The highest BCUT2D eigenvalue weighted by Crippen LogP contribution is 2.36. The highest BCUT2D eigenvalue weighted by molar-refractivity contribution is 14.1. The van der Waals surface area contributed by atoms with Crippen molar-refractivity contribution in [3.63, 3.8) is 0 Å². The van der Waals surface area contributed by atoms with Gasteiger partial charge in [-0.05, 0) is 12.3 Å². The Balaban J connectivity index is 4.45. The lowest BCUT2D eigenvalue weighted by Crippen LogP contribution is -2.46. The van der Waals surface area contributed by atoms with Gasteiger partial charge in [-0.25, -0.2) is 0 Å². The first-order valence-corrected chi connectivity index (χ1v) is 7.31. The quantitative estimate of drug-likeness (QED) is 0.357. The highest BCUT2D eigenvalue weighted by Gasteiger charge is 2.39. The Morgan fingerprint density at radius 3 is 2.19 bits per heavy atom. The largest absolute Gasteiger partial charge is 0.383 e. The average Bonchev–Trinajstić information content (AvgIpc) is 2.24. The molecule has 0 saturated carbocycles. The molecule has 0 N–H and O–H groups in total. The smallest absolute Gasteiger partial charge is 0.0741 e. The van der Waals surface area contributed by atoms with Gasteiger partial charge in [0.25, 0.3) is 0 Å². The first-order valence-electron chi connectivity index (χ1n) is 6.23. The van der Waals surface area contributed by atoms with Crippen LogP contribution >= 0.6 is 22.6 Å². The fourth-order valence-corrected chi connectivity index (χ4v) is 2.86. The van der Waals surface area contributed by atoms with Crippen molar-refractivity contribution in [2.24, 2.45) is 5.92 Å². The molecule has 0 aromatic heterocycles. The van der Waals surface area contributed by atoms with Crippen LogP contribution in [0.3, 0.4) is 0 Å². The van der Waals surface area contributed by atoms with E-state index in [1.807, 2.05) is 7.11 Å². The van der Waals surface area contributed by atoms with E-state index in [1.54, 1.807) is 7.11 Å². The Morgan fingerprint density at radius 2 is 1.81 bits per heavy atom. The molecule has 0 radical (unpaired) electrons. The van der Waals surface area contributed by atoms with E-state index in [1.165, 1.54) is 19.3 Å². The lowest BCUT2D eigenvalue weighted by molar-refractivity contribution is 0.0168. The van der Waals surface area contributed by atoms with Crippen molar-refractivity contribution in [2.75, 3.05) is 20.8 Å². The van der Waals surface area contributed by atoms with Crippen LogP contribution in [0, 0.1) is 5.92 Å². The second-order valence-corrected chi connectivity index (χ2v) is 6.74. The van der Waals surface area contributed by atoms with Gasteiger partial charge >= 0.3 is 0 Å². The third-order valence-corrected chi connectivity index (χ3v) is 5.47. The number of alkyl halides is 1. The van der Waals surface area contributed by atoms with E-state index < -0.39 is 0 Å². The van der Waals surface area contributed by atoms with Crippen molar-refractivity contribution in [1.29, 1.82) is 0 Å². The zero-order valence-electron chi connectivity index (χ0n) is 11.4. The Hall–Kier alpha value is 0.650. The van der Waals surface area contributed by atoms with E-state index in [4.69, 9.17) is 9.47 Å². The standard InChI is InChI=1S/C13H27IO2/c1-6-7-8-9-12(16-5)13(14,10-15-4)11(2)3/h11-12H,6-10H2,1-5H3. The first kappa shape index (κ1) is 16.6. The van der Waals surface area contributed by atoms with Crippen LogP contribution in [-0.4, -0.2) is 30.4 Å². The van der Waals surface area contributed by atoms with Gasteiger partial charge in [0.15, 0.2) is 0 Å². The molecule has 2 nitrogen and oxygen atoms in total. The first-order chi connectivity index (χ1) is 7.52. The maximum atomic E-state index is 5.69. The number of halogens is 1. The van der Waals surface area contributed by atoms with Gasteiger partial charge in [-0.3, -0.25) is 0 Å². The van der Waals surface area contributed by atoms with E-state index in [0.717, 1.165) is 13.0 Å². The summed E-state index contributed by atoms with van der Waals surface area (Å²) in [5.74, 6) is 0.555. The third-order valence-electron chi connectivity index (χ3n) is 3.22. The number of unbranched alkanes of at least 4 members (excludes halogenated alkanes) is 2. The molecule has 2 unspecified atom stereocenters. The van der Waals surface area contributed by atoms with Gasteiger partial charge in [0.2, 0.25) is 0 Å². The fraction of sp³-hybridized carbons (Fsp3) is 1.00. The van der Waals surface area contributed by atoms with Crippen molar-refractivity contribution in [3.8, 4) is 0 Å². The van der Waals surface area contributed by atoms with E-state index in [2.05, 4.69) is 43.4 Å². The number of methoxy groups -OCH3 is 2.